The van der Waals surface area contributed by atoms with Crippen LogP contribution in [-0.2, 0) is 12.8 Å². The van der Waals surface area contributed by atoms with Gasteiger partial charge >= 0.3 is 0 Å². The van der Waals surface area contributed by atoms with Crippen molar-refractivity contribution in [3.63, 3.8) is 0 Å². The van der Waals surface area contributed by atoms with Crippen molar-refractivity contribution in [2.75, 3.05) is 5.32 Å². The fraction of sp³-hybridized carbons (Fsp3) is 0.250. The Kier molecular flexibility index (Phi) is 3.41. The molecule has 0 atom stereocenters. The van der Waals surface area contributed by atoms with Gasteiger partial charge in [-0.15, -0.1) is 0 Å². The number of carbonyl (C=O) groups excluding carboxylic acids is 1. The summed E-state index contributed by atoms with van der Waals surface area (Å²) in [6, 6.07) is 13.8. The lowest BCUT2D eigenvalue weighted by Gasteiger charge is -2.11. The monoisotopic (exact) mass is 304 g/mol. The first-order valence-electron chi connectivity index (χ1n) is 8.22. The van der Waals surface area contributed by atoms with Crippen molar-refractivity contribution in [3.05, 3.63) is 64.8 Å². The van der Waals surface area contributed by atoms with Crippen molar-refractivity contribution in [2.24, 2.45) is 0 Å². The molecule has 0 spiro atoms. The molecule has 2 N–H and O–H groups in total. The molecular formula is C20H20N2O. The second kappa shape index (κ2) is 5.58. The topological polar surface area (TPSA) is 44.9 Å². The summed E-state index contributed by atoms with van der Waals surface area (Å²) >= 11 is 0. The highest BCUT2D eigenvalue weighted by molar-refractivity contribution is 6.05. The lowest BCUT2D eigenvalue weighted by Crippen LogP contribution is -2.11. The zero-order valence-corrected chi connectivity index (χ0v) is 13.3. The predicted octanol–water partition coefficient (Wildman–Crippen LogP) is 4.61. The number of hydrogen-bond donors (Lipinski definition) is 2. The molecule has 116 valence electrons. The highest BCUT2D eigenvalue weighted by Crippen LogP contribution is 2.30. The van der Waals surface area contributed by atoms with Gasteiger partial charge in [0.25, 0.3) is 5.91 Å². The molecule has 3 nitrogen and oxygen atoms in total. The zero-order valence-electron chi connectivity index (χ0n) is 13.3. The largest absolute Gasteiger partial charge is 0.358 e. The molecule has 0 saturated heterocycles. The molecule has 1 aliphatic rings. The van der Waals surface area contributed by atoms with Gasteiger partial charge < -0.3 is 10.3 Å². The highest BCUT2D eigenvalue weighted by Gasteiger charge is 2.16. The van der Waals surface area contributed by atoms with Crippen LogP contribution in [0.2, 0.25) is 0 Å². The van der Waals surface area contributed by atoms with Crippen LogP contribution in [0.1, 0.15) is 40.0 Å². The number of carbonyl (C=O) groups is 1. The molecule has 1 aliphatic carbocycles. The number of aromatic amines is 1. The standard InChI is InChI=1S/C20H20N2O/c1-13-6-8-14(9-7-13)20(23)21-15-10-11-19-17(12-15)16-4-2-3-5-18(16)22-19/h6-12,22H,2-5H2,1H3,(H,21,23). The number of nitrogens with one attached hydrogen (secondary N) is 2. The van der Waals surface area contributed by atoms with E-state index in [0.29, 0.717) is 5.56 Å². The molecular weight excluding hydrogens is 284 g/mol. The Hall–Kier alpha value is -2.55. The summed E-state index contributed by atoms with van der Waals surface area (Å²) < 4.78 is 0. The summed E-state index contributed by atoms with van der Waals surface area (Å²) in [6.07, 6.45) is 4.77. The SMILES string of the molecule is Cc1ccc(C(=O)Nc2ccc3[nH]c4c(c3c2)CCCC4)cc1. The zero-order chi connectivity index (χ0) is 15.8. The summed E-state index contributed by atoms with van der Waals surface area (Å²) in [5.41, 5.74) is 6.67. The molecule has 1 amide bonds. The van der Waals surface area contributed by atoms with Gasteiger partial charge in [-0.1, -0.05) is 17.7 Å². The Labute approximate surface area is 135 Å². The fourth-order valence-corrected chi connectivity index (χ4v) is 3.39. The molecule has 1 aromatic heterocycles. The molecule has 0 unspecified atom stereocenters. The van der Waals surface area contributed by atoms with E-state index in [4.69, 9.17) is 0 Å². The van der Waals surface area contributed by atoms with Crippen LogP contribution in [0.5, 0.6) is 0 Å². The second-order valence-electron chi connectivity index (χ2n) is 6.37. The lowest BCUT2D eigenvalue weighted by atomic mass is 9.95. The van der Waals surface area contributed by atoms with Crippen LogP contribution < -0.4 is 5.32 Å². The van der Waals surface area contributed by atoms with E-state index in [1.807, 2.05) is 37.3 Å². The Morgan fingerprint density at radius 2 is 1.83 bits per heavy atom. The number of rotatable bonds is 2. The molecule has 2 aromatic carbocycles. The van der Waals surface area contributed by atoms with Crippen LogP contribution >= 0.6 is 0 Å². The Bertz CT molecular complexity index is 875. The average molecular weight is 304 g/mol. The van der Waals surface area contributed by atoms with Crippen molar-refractivity contribution >= 4 is 22.5 Å². The number of amides is 1. The number of anilines is 1. The second-order valence-corrected chi connectivity index (χ2v) is 6.37. The third kappa shape index (κ3) is 2.63. The smallest absolute Gasteiger partial charge is 0.255 e. The molecule has 0 aliphatic heterocycles. The fourth-order valence-electron chi connectivity index (χ4n) is 3.39. The van der Waals surface area contributed by atoms with E-state index in [-0.39, 0.29) is 5.91 Å². The normalized spacial score (nSPS) is 13.8. The number of H-pyrrole nitrogens is 1. The van der Waals surface area contributed by atoms with E-state index in [9.17, 15) is 4.79 Å². The van der Waals surface area contributed by atoms with E-state index >= 15 is 0 Å². The van der Waals surface area contributed by atoms with Crippen molar-refractivity contribution in [2.45, 2.75) is 32.6 Å². The van der Waals surface area contributed by atoms with Gasteiger partial charge in [-0.2, -0.15) is 0 Å². The molecule has 0 bridgehead atoms. The first-order valence-corrected chi connectivity index (χ1v) is 8.22. The lowest BCUT2D eigenvalue weighted by molar-refractivity contribution is 0.102. The van der Waals surface area contributed by atoms with Crippen molar-refractivity contribution in [1.82, 2.24) is 4.98 Å². The minimum atomic E-state index is -0.0613. The van der Waals surface area contributed by atoms with Gasteiger partial charge in [0.05, 0.1) is 0 Å². The summed E-state index contributed by atoms with van der Waals surface area (Å²) in [7, 11) is 0. The molecule has 1 heterocycles. The molecule has 0 fully saturated rings. The maximum absolute atomic E-state index is 12.4. The van der Waals surface area contributed by atoms with Gasteiger partial charge in [0.15, 0.2) is 0 Å². The Morgan fingerprint density at radius 3 is 2.65 bits per heavy atom. The first kappa shape index (κ1) is 14.1. The van der Waals surface area contributed by atoms with E-state index in [0.717, 1.165) is 24.1 Å². The number of fused-ring (bicyclic) bond motifs is 3. The average Bonchev–Trinajstić information content (AvgIpc) is 2.93. The van der Waals surface area contributed by atoms with Gasteiger partial charge in [0.1, 0.15) is 0 Å². The van der Waals surface area contributed by atoms with Crippen molar-refractivity contribution in [1.29, 1.82) is 0 Å². The molecule has 3 heteroatoms. The summed E-state index contributed by atoms with van der Waals surface area (Å²) in [4.78, 5) is 15.9. The maximum atomic E-state index is 12.4. The van der Waals surface area contributed by atoms with Gasteiger partial charge in [0, 0.05) is 27.8 Å². The third-order valence-corrected chi connectivity index (χ3v) is 4.67. The van der Waals surface area contributed by atoms with E-state index < -0.39 is 0 Å². The Balaban J connectivity index is 1.64. The van der Waals surface area contributed by atoms with Gasteiger partial charge in [0.2, 0.25) is 0 Å². The number of aromatic nitrogens is 1. The Morgan fingerprint density at radius 1 is 1.04 bits per heavy atom. The van der Waals surface area contributed by atoms with E-state index in [1.165, 1.54) is 35.0 Å². The number of hydrogen-bond acceptors (Lipinski definition) is 1. The number of benzene rings is 2. The molecule has 3 aromatic rings. The van der Waals surface area contributed by atoms with Crippen LogP contribution in [-0.4, -0.2) is 10.9 Å². The van der Waals surface area contributed by atoms with Crippen molar-refractivity contribution < 1.29 is 4.79 Å². The van der Waals surface area contributed by atoms with Gasteiger partial charge in [-0.05, 0) is 68.5 Å². The quantitative estimate of drug-likeness (QED) is 0.713. The molecule has 0 saturated carbocycles. The van der Waals surface area contributed by atoms with Crippen LogP contribution in [0.4, 0.5) is 5.69 Å². The number of aryl methyl sites for hydroxylation is 3. The summed E-state index contributed by atoms with van der Waals surface area (Å²) in [6.45, 7) is 2.02. The third-order valence-electron chi connectivity index (χ3n) is 4.67. The maximum Gasteiger partial charge on any atom is 0.255 e. The summed E-state index contributed by atoms with van der Waals surface area (Å²) in [5.74, 6) is -0.0613. The van der Waals surface area contributed by atoms with E-state index in [1.54, 1.807) is 0 Å². The molecule has 4 rings (SSSR count). The minimum Gasteiger partial charge on any atom is -0.358 e. The summed E-state index contributed by atoms with van der Waals surface area (Å²) in [5, 5.41) is 4.26. The van der Waals surface area contributed by atoms with Crippen LogP contribution in [0.25, 0.3) is 10.9 Å². The van der Waals surface area contributed by atoms with Crippen LogP contribution in [0.3, 0.4) is 0 Å². The van der Waals surface area contributed by atoms with Crippen molar-refractivity contribution in [3.8, 4) is 0 Å². The van der Waals surface area contributed by atoms with Crippen LogP contribution in [0.15, 0.2) is 42.5 Å². The molecule has 23 heavy (non-hydrogen) atoms. The minimum absolute atomic E-state index is 0.0613. The highest BCUT2D eigenvalue weighted by atomic mass is 16.1. The van der Waals surface area contributed by atoms with Gasteiger partial charge in [-0.3, -0.25) is 4.79 Å². The molecule has 0 radical (unpaired) electrons. The van der Waals surface area contributed by atoms with Gasteiger partial charge in [-0.25, -0.2) is 0 Å². The first-order chi connectivity index (χ1) is 11.2. The predicted molar refractivity (Wildman–Crippen MR) is 94.1 cm³/mol. The van der Waals surface area contributed by atoms with Crippen LogP contribution in [0, 0.1) is 6.92 Å². The van der Waals surface area contributed by atoms with E-state index in [2.05, 4.69) is 22.4 Å².